The predicted octanol–water partition coefficient (Wildman–Crippen LogP) is 0.631. The number of aliphatic imine (C=N–C) groups is 1. The van der Waals surface area contributed by atoms with Crippen LogP contribution in [-0.2, 0) is 0 Å². The summed E-state index contributed by atoms with van der Waals surface area (Å²) in [6.07, 6.45) is 1.39. The van der Waals surface area contributed by atoms with Crippen molar-refractivity contribution in [1.82, 2.24) is 4.72 Å². The first kappa shape index (κ1) is 6.49. The Morgan fingerprint density at radius 2 is 2.57 bits per heavy atom. The molecule has 3 nitrogen and oxygen atoms in total. The topological polar surface area (TPSA) is 41.5 Å². The summed E-state index contributed by atoms with van der Waals surface area (Å²) in [5, 5.41) is 0. The lowest BCUT2D eigenvalue weighted by Crippen LogP contribution is -2.05. The summed E-state index contributed by atoms with van der Waals surface area (Å²) in [6.45, 7) is 1.66. The zero-order valence-corrected chi connectivity index (χ0v) is 4.77. The number of rotatable bonds is 0. The standard InChI is InChI=1S/C3H6N2OS/c1-2-4-3(6)5-7/h2,7H,1H3,(H,5,6). The Bertz CT molecular complexity index is 90.9. The highest BCUT2D eigenvalue weighted by Gasteiger charge is 1.83. The monoisotopic (exact) mass is 118 g/mol. The Hall–Kier alpha value is -0.510. The lowest BCUT2D eigenvalue weighted by Gasteiger charge is -1.82. The Kier molecular flexibility index (Phi) is 3.40. The first-order chi connectivity index (χ1) is 3.31. The van der Waals surface area contributed by atoms with Crippen LogP contribution in [-0.4, -0.2) is 12.2 Å². The highest BCUT2D eigenvalue weighted by molar-refractivity contribution is 7.78. The number of thiol groups is 1. The zero-order chi connectivity index (χ0) is 5.70. The molecule has 0 rings (SSSR count). The summed E-state index contributed by atoms with van der Waals surface area (Å²) < 4.78 is 2.02. The minimum atomic E-state index is -0.439. The lowest BCUT2D eigenvalue weighted by molar-refractivity contribution is 0.254. The molecule has 0 aromatic rings. The Morgan fingerprint density at radius 3 is 2.71 bits per heavy atom. The maximum atomic E-state index is 10.0. The van der Waals surface area contributed by atoms with Gasteiger partial charge in [-0.05, 0) is 6.92 Å². The van der Waals surface area contributed by atoms with Crippen LogP contribution in [0.4, 0.5) is 4.79 Å². The van der Waals surface area contributed by atoms with E-state index in [1.807, 2.05) is 4.72 Å². The summed E-state index contributed by atoms with van der Waals surface area (Å²) in [7, 11) is 0. The van der Waals surface area contributed by atoms with Crippen molar-refractivity contribution in [2.45, 2.75) is 6.92 Å². The minimum Gasteiger partial charge on any atom is -0.283 e. The maximum absolute atomic E-state index is 10.0. The third-order valence-electron chi connectivity index (χ3n) is 0.342. The molecule has 4 heteroatoms. The number of carbonyl (C=O) groups is 1. The molecular formula is C3H6N2OS. The molecule has 0 bridgehead atoms. The van der Waals surface area contributed by atoms with Crippen molar-refractivity contribution < 1.29 is 4.79 Å². The van der Waals surface area contributed by atoms with Gasteiger partial charge in [0.1, 0.15) is 0 Å². The lowest BCUT2D eigenvalue weighted by atomic mass is 10.9. The second-order valence-corrected chi connectivity index (χ2v) is 1.03. The smallest absolute Gasteiger partial charge is 0.283 e. The van der Waals surface area contributed by atoms with Crippen molar-refractivity contribution in [2.24, 2.45) is 4.99 Å². The summed E-state index contributed by atoms with van der Waals surface area (Å²) >= 11 is 3.44. The molecule has 2 amide bonds. The van der Waals surface area contributed by atoms with Crippen LogP contribution in [0.1, 0.15) is 6.92 Å². The predicted molar refractivity (Wildman–Crippen MR) is 31.7 cm³/mol. The Labute approximate surface area is 47.4 Å². The van der Waals surface area contributed by atoms with E-state index in [9.17, 15) is 4.79 Å². The van der Waals surface area contributed by atoms with Gasteiger partial charge in [0.25, 0.3) is 0 Å². The fourth-order valence-corrected chi connectivity index (χ4v) is 0.204. The minimum absolute atomic E-state index is 0.439. The number of hydrogen-bond acceptors (Lipinski definition) is 2. The Balaban J connectivity index is 3.37. The first-order valence-electron chi connectivity index (χ1n) is 1.74. The quantitative estimate of drug-likeness (QED) is 0.355. The number of amides is 2. The maximum Gasteiger partial charge on any atom is 0.350 e. The van der Waals surface area contributed by atoms with Crippen LogP contribution in [0.2, 0.25) is 0 Å². The summed E-state index contributed by atoms with van der Waals surface area (Å²) in [4.78, 5) is 13.3. The van der Waals surface area contributed by atoms with E-state index in [-0.39, 0.29) is 0 Å². The molecule has 0 radical (unpaired) electrons. The van der Waals surface area contributed by atoms with Gasteiger partial charge in [0, 0.05) is 6.21 Å². The van der Waals surface area contributed by atoms with Crippen molar-refractivity contribution in [2.75, 3.05) is 0 Å². The average molecular weight is 118 g/mol. The number of nitrogens with zero attached hydrogens (tertiary/aromatic N) is 1. The summed E-state index contributed by atoms with van der Waals surface area (Å²) in [6, 6.07) is -0.439. The first-order valence-corrected chi connectivity index (χ1v) is 2.18. The third-order valence-corrected chi connectivity index (χ3v) is 0.533. The van der Waals surface area contributed by atoms with Gasteiger partial charge < -0.3 is 0 Å². The molecule has 0 unspecified atom stereocenters. The van der Waals surface area contributed by atoms with Gasteiger partial charge in [-0.1, -0.05) is 12.8 Å². The van der Waals surface area contributed by atoms with Crippen LogP contribution in [0.5, 0.6) is 0 Å². The van der Waals surface area contributed by atoms with Crippen LogP contribution in [0, 0.1) is 0 Å². The molecular weight excluding hydrogens is 112 g/mol. The van der Waals surface area contributed by atoms with E-state index < -0.39 is 6.03 Å². The molecule has 0 heterocycles. The molecule has 7 heavy (non-hydrogen) atoms. The summed E-state index contributed by atoms with van der Waals surface area (Å²) in [5.41, 5.74) is 0. The van der Waals surface area contributed by atoms with Crippen LogP contribution in [0.3, 0.4) is 0 Å². The second kappa shape index (κ2) is 3.67. The van der Waals surface area contributed by atoms with Gasteiger partial charge in [0.15, 0.2) is 0 Å². The largest absolute Gasteiger partial charge is 0.350 e. The van der Waals surface area contributed by atoms with Crippen LogP contribution < -0.4 is 4.72 Å². The van der Waals surface area contributed by atoms with Gasteiger partial charge in [-0.25, -0.2) is 9.79 Å². The van der Waals surface area contributed by atoms with Crippen molar-refractivity contribution in [1.29, 1.82) is 0 Å². The normalized spacial score (nSPS) is 9.43. The number of nitrogens with one attached hydrogen (secondary N) is 1. The Morgan fingerprint density at radius 1 is 2.00 bits per heavy atom. The van der Waals surface area contributed by atoms with E-state index in [2.05, 4.69) is 17.8 Å². The number of urea groups is 1. The zero-order valence-electron chi connectivity index (χ0n) is 3.88. The van der Waals surface area contributed by atoms with Crippen LogP contribution in [0.25, 0.3) is 0 Å². The molecule has 0 atom stereocenters. The van der Waals surface area contributed by atoms with Gasteiger partial charge in [-0.15, -0.1) is 0 Å². The molecule has 0 aliphatic rings. The van der Waals surface area contributed by atoms with E-state index in [0.717, 1.165) is 0 Å². The molecule has 0 aromatic heterocycles. The van der Waals surface area contributed by atoms with Gasteiger partial charge in [-0.2, -0.15) is 0 Å². The molecule has 40 valence electrons. The molecule has 0 saturated heterocycles. The van der Waals surface area contributed by atoms with Crippen LogP contribution >= 0.6 is 12.8 Å². The molecule has 0 saturated carbocycles. The van der Waals surface area contributed by atoms with E-state index in [4.69, 9.17) is 0 Å². The van der Waals surface area contributed by atoms with Crippen LogP contribution in [0.15, 0.2) is 4.99 Å². The second-order valence-electron chi connectivity index (χ2n) is 0.804. The van der Waals surface area contributed by atoms with Gasteiger partial charge in [-0.3, -0.25) is 4.72 Å². The van der Waals surface area contributed by atoms with Crippen molar-refractivity contribution >= 4 is 25.1 Å². The van der Waals surface area contributed by atoms with Crippen molar-refractivity contribution in [3.63, 3.8) is 0 Å². The average Bonchev–Trinajstić information content (AvgIpc) is 1.68. The fourth-order valence-electron chi connectivity index (χ4n) is 0.146. The van der Waals surface area contributed by atoms with Gasteiger partial charge in [0.2, 0.25) is 0 Å². The number of carbonyl (C=O) groups excluding carboxylic acids is 1. The fraction of sp³-hybridized carbons (Fsp3) is 0.333. The molecule has 1 N–H and O–H groups in total. The molecule has 0 fully saturated rings. The number of hydrogen-bond donors (Lipinski definition) is 2. The highest BCUT2D eigenvalue weighted by Crippen LogP contribution is 1.70. The van der Waals surface area contributed by atoms with Crippen molar-refractivity contribution in [3.05, 3.63) is 0 Å². The highest BCUT2D eigenvalue weighted by atomic mass is 32.1. The van der Waals surface area contributed by atoms with E-state index >= 15 is 0 Å². The van der Waals surface area contributed by atoms with Gasteiger partial charge >= 0.3 is 6.03 Å². The van der Waals surface area contributed by atoms with Crippen molar-refractivity contribution in [3.8, 4) is 0 Å². The van der Waals surface area contributed by atoms with E-state index in [1.165, 1.54) is 6.21 Å². The van der Waals surface area contributed by atoms with E-state index in [0.29, 0.717) is 0 Å². The molecule has 0 aromatic carbocycles. The summed E-state index contributed by atoms with van der Waals surface area (Å²) in [5.74, 6) is 0. The molecule has 0 aliphatic heterocycles. The van der Waals surface area contributed by atoms with E-state index in [1.54, 1.807) is 6.92 Å². The van der Waals surface area contributed by atoms with Gasteiger partial charge in [0.05, 0.1) is 0 Å². The third kappa shape index (κ3) is 3.32. The molecule has 0 aliphatic carbocycles. The molecule has 0 spiro atoms. The SMILES string of the molecule is CC=NC(=O)NS.